The molecule has 0 heterocycles. The Labute approximate surface area is 160 Å². The van der Waals surface area contributed by atoms with E-state index in [1.807, 2.05) is 13.8 Å². The van der Waals surface area contributed by atoms with Gasteiger partial charge in [0.2, 0.25) is 0 Å². The van der Waals surface area contributed by atoms with Crippen molar-refractivity contribution >= 4 is 86.1 Å². The Kier molecular flexibility index (Phi) is 8.19. The first kappa shape index (κ1) is 20.8. The highest BCUT2D eigenvalue weighted by Gasteiger charge is 2.69. The zero-order chi connectivity index (χ0) is 16.4. The van der Waals surface area contributed by atoms with Gasteiger partial charge in [-0.2, -0.15) is 8.15 Å². The van der Waals surface area contributed by atoms with E-state index >= 15 is 0 Å². The van der Waals surface area contributed by atoms with Crippen molar-refractivity contribution in [3.8, 4) is 0 Å². The van der Waals surface area contributed by atoms with Crippen molar-refractivity contribution in [1.29, 1.82) is 0 Å². The van der Waals surface area contributed by atoms with Gasteiger partial charge in [0, 0.05) is 5.92 Å². The minimum Gasteiger partial charge on any atom is -0.466 e. The quantitative estimate of drug-likeness (QED) is 0.232. The van der Waals surface area contributed by atoms with Gasteiger partial charge in [0.1, 0.15) is 6.10 Å². The maximum absolute atomic E-state index is 12.1. The minimum atomic E-state index is -1.95. The lowest BCUT2D eigenvalue weighted by molar-refractivity contribution is -0.146. The van der Waals surface area contributed by atoms with E-state index in [4.69, 9.17) is 33.0 Å². The predicted octanol–water partition coefficient (Wildman–Crippen LogP) is 5.61. The van der Waals surface area contributed by atoms with Crippen LogP contribution < -0.4 is 0 Å². The first-order valence-corrected chi connectivity index (χ1v) is 9.98. The van der Waals surface area contributed by atoms with Gasteiger partial charge in [0.15, 0.2) is 2.14 Å². The molecule has 124 valence electrons. The Morgan fingerprint density at radius 2 is 1.86 bits per heavy atom. The number of carbonyl (C=O) groups excluding carboxylic acids is 1. The summed E-state index contributed by atoms with van der Waals surface area (Å²) in [6.45, 7) is 6.01. The van der Waals surface area contributed by atoms with Crippen molar-refractivity contribution in [1.82, 2.24) is 0 Å². The van der Waals surface area contributed by atoms with Crippen LogP contribution in [0.4, 0.5) is 0 Å². The van der Waals surface area contributed by atoms with Crippen LogP contribution in [0.2, 0.25) is 0 Å². The number of hydrogen-bond donors (Lipinski definition) is 0. The molecule has 0 aromatic carbocycles. The van der Waals surface area contributed by atoms with Crippen LogP contribution in [0.5, 0.6) is 0 Å². The SMILES string of the molecule is CCOC(=O)C1C(C(OP(OCl)OCl)C(Br)(Br)Br)C1(C)C. The molecule has 1 rings (SSSR count). The average Bonchev–Trinajstić information content (AvgIpc) is 2.92. The third kappa shape index (κ3) is 5.13. The molecule has 0 N–H and O–H groups in total. The Hall–Kier alpha value is 1.80. The predicted molar refractivity (Wildman–Crippen MR) is 92.6 cm³/mol. The van der Waals surface area contributed by atoms with Crippen LogP contribution in [0.15, 0.2) is 0 Å². The number of rotatable bonds is 7. The molecule has 1 fully saturated rings. The van der Waals surface area contributed by atoms with Gasteiger partial charge in [0.25, 0.3) is 0 Å². The summed E-state index contributed by atoms with van der Waals surface area (Å²) >= 11 is 20.8. The molecule has 1 aliphatic rings. The van der Waals surface area contributed by atoms with Gasteiger partial charge in [-0.25, -0.2) is 0 Å². The summed E-state index contributed by atoms with van der Waals surface area (Å²) in [5.41, 5.74) is -0.308. The zero-order valence-corrected chi connectivity index (χ0v) is 18.5. The molecule has 11 heteroatoms. The van der Waals surface area contributed by atoms with E-state index in [2.05, 4.69) is 55.9 Å². The molecule has 0 aromatic heterocycles. The maximum Gasteiger partial charge on any atom is 0.368 e. The monoisotopic (exact) mass is 552 g/mol. The topological polar surface area (TPSA) is 54.0 Å². The van der Waals surface area contributed by atoms with Gasteiger partial charge >= 0.3 is 14.6 Å². The van der Waals surface area contributed by atoms with E-state index < -0.39 is 16.8 Å². The van der Waals surface area contributed by atoms with Gasteiger partial charge in [0.05, 0.1) is 36.3 Å². The molecule has 21 heavy (non-hydrogen) atoms. The number of alkyl halides is 3. The fraction of sp³-hybridized carbons (Fsp3) is 0.900. The first-order chi connectivity index (χ1) is 9.61. The molecule has 1 aliphatic carbocycles. The molecule has 0 aliphatic heterocycles. The Morgan fingerprint density at radius 1 is 1.33 bits per heavy atom. The summed E-state index contributed by atoms with van der Waals surface area (Å²) in [5, 5.41) is 0. The third-order valence-electron chi connectivity index (χ3n) is 3.41. The van der Waals surface area contributed by atoms with Crippen molar-refractivity contribution in [2.75, 3.05) is 6.61 Å². The van der Waals surface area contributed by atoms with Crippen LogP contribution in [0, 0.1) is 17.3 Å². The molecular weight excluding hydrogens is 542 g/mol. The normalized spacial score (nSPS) is 25.8. The van der Waals surface area contributed by atoms with Gasteiger partial charge in [-0.1, -0.05) is 61.6 Å². The summed E-state index contributed by atoms with van der Waals surface area (Å²) in [6.07, 6.45) is -0.550. The van der Waals surface area contributed by atoms with Crippen LogP contribution in [0.1, 0.15) is 20.8 Å². The molecule has 0 aromatic rings. The highest BCUT2D eigenvalue weighted by atomic mass is 80.0. The van der Waals surface area contributed by atoms with Crippen molar-refractivity contribution < 1.29 is 22.2 Å². The van der Waals surface area contributed by atoms with Crippen LogP contribution in [0.25, 0.3) is 0 Å². The summed E-state index contributed by atoms with van der Waals surface area (Å²) < 4.78 is 18.9. The minimum absolute atomic E-state index is 0.154. The van der Waals surface area contributed by atoms with E-state index in [1.54, 1.807) is 6.92 Å². The summed E-state index contributed by atoms with van der Waals surface area (Å²) in [5.74, 6) is -0.726. The number of ether oxygens (including phenoxy) is 1. The van der Waals surface area contributed by atoms with Crippen LogP contribution in [-0.2, 0) is 22.2 Å². The summed E-state index contributed by atoms with van der Waals surface area (Å²) in [6, 6.07) is 0. The zero-order valence-electron chi connectivity index (χ0n) is 11.3. The second kappa shape index (κ2) is 8.26. The molecule has 0 bridgehead atoms. The molecule has 1 saturated carbocycles. The number of halogens is 5. The van der Waals surface area contributed by atoms with Crippen LogP contribution >= 0.6 is 80.1 Å². The number of carbonyl (C=O) groups is 1. The van der Waals surface area contributed by atoms with Crippen LogP contribution in [0.3, 0.4) is 0 Å². The highest BCUT2D eigenvalue weighted by Crippen LogP contribution is 2.66. The molecule has 3 atom stereocenters. The van der Waals surface area contributed by atoms with Gasteiger partial charge in [-0.15, -0.1) is 0 Å². The van der Waals surface area contributed by atoms with Gasteiger partial charge in [-0.3, -0.25) is 4.79 Å². The maximum atomic E-state index is 12.1. The van der Waals surface area contributed by atoms with E-state index in [-0.39, 0.29) is 23.2 Å². The third-order valence-corrected chi connectivity index (χ3v) is 6.07. The molecule has 3 unspecified atom stereocenters. The summed E-state index contributed by atoms with van der Waals surface area (Å²) in [7, 11) is -1.95. The molecule has 5 nitrogen and oxygen atoms in total. The molecule has 0 spiro atoms. The smallest absolute Gasteiger partial charge is 0.368 e. The van der Waals surface area contributed by atoms with E-state index in [0.717, 1.165) is 0 Å². The van der Waals surface area contributed by atoms with Crippen molar-refractivity contribution in [3.63, 3.8) is 0 Å². The van der Waals surface area contributed by atoms with Gasteiger partial charge < -0.3 is 9.26 Å². The highest BCUT2D eigenvalue weighted by molar-refractivity contribution is 9.39. The molecule has 0 saturated heterocycles. The average molecular weight is 556 g/mol. The van der Waals surface area contributed by atoms with Crippen molar-refractivity contribution in [2.45, 2.75) is 29.0 Å². The first-order valence-electron chi connectivity index (χ1n) is 5.88. The van der Waals surface area contributed by atoms with E-state index in [1.165, 1.54) is 0 Å². The molecule has 0 amide bonds. The van der Waals surface area contributed by atoms with Crippen molar-refractivity contribution in [2.24, 2.45) is 17.3 Å². The standard InChI is InChI=1S/C10H14Br3Cl2O5P/c1-4-17-8(16)6-5(9(6,2)3)7(10(11,12)13)18-21(19-14)20-15/h5-7H,4H2,1-3H3. The lowest BCUT2D eigenvalue weighted by Gasteiger charge is -2.28. The summed E-state index contributed by atoms with van der Waals surface area (Å²) in [4.78, 5) is 12.1. The number of hydrogen-bond acceptors (Lipinski definition) is 5. The lowest BCUT2D eigenvalue weighted by atomic mass is 10.1. The van der Waals surface area contributed by atoms with Gasteiger partial charge in [-0.05, 0) is 12.3 Å². The second-order valence-electron chi connectivity index (χ2n) is 5.01. The lowest BCUT2D eigenvalue weighted by Crippen LogP contribution is -2.31. The fourth-order valence-corrected chi connectivity index (χ4v) is 4.97. The Bertz CT molecular complexity index is 378. The van der Waals surface area contributed by atoms with E-state index in [9.17, 15) is 4.79 Å². The van der Waals surface area contributed by atoms with E-state index in [0.29, 0.717) is 6.61 Å². The largest absolute Gasteiger partial charge is 0.466 e. The number of esters is 1. The fourth-order valence-electron chi connectivity index (χ4n) is 2.39. The second-order valence-corrected chi connectivity index (χ2v) is 13.7. The Balaban J connectivity index is 2.92. The Morgan fingerprint density at radius 3 is 2.24 bits per heavy atom. The van der Waals surface area contributed by atoms with Crippen molar-refractivity contribution in [3.05, 3.63) is 0 Å². The van der Waals surface area contributed by atoms with Crippen LogP contribution in [-0.4, -0.2) is 20.8 Å². The molecular formula is C10H14Br3Cl2O5P. The molecule has 0 radical (unpaired) electrons.